The van der Waals surface area contributed by atoms with Gasteiger partial charge in [0.1, 0.15) is 0 Å². The average Bonchev–Trinajstić information content (AvgIpc) is 2.90. The van der Waals surface area contributed by atoms with Gasteiger partial charge < -0.3 is 11.1 Å². The van der Waals surface area contributed by atoms with E-state index in [4.69, 9.17) is 5.73 Å². The van der Waals surface area contributed by atoms with Gasteiger partial charge in [0.2, 0.25) is 5.91 Å². The van der Waals surface area contributed by atoms with Crippen LogP contribution >= 0.6 is 11.3 Å². The van der Waals surface area contributed by atoms with Crippen molar-refractivity contribution in [2.75, 3.05) is 11.9 Å². The van der Waals surface area contributed by atoms with Crippen LogP contribution in [-0.4, -0.2) is 17.4 Å². The summed E-state index contributed by atoms with van der Waals surface area (Å²) < 4.78 is 0. The standard InChI is InChI=1S/C16H17N3OS/c1-12-4-2-5-13(10-12)7-8-15(20)19-16-18-11-14(21-16)6-3-9-17/h2,4-5,10-11H,7-9,17H2,1H3,(H,18,19,20). The van der Waals surface area contributed by atoms with Gasteiger partial charge in [-0.1, -0.05) is 53.0 Å². The van der Waals surface area contributed by atoms with Gasteiger partial charge in [0.05, 0.1) is 17.6 Å². The number of carbonyl (C=O) groups is 1. The topological polar surface area (TPSA) is 68.0 Å². The van der Waals surface area contributed by atoms with Crippen molar-refractivity contribution >= 4 is 22.4 Å². The van der Waals surface area contributed by atoms with E-state index in [1.165, 1.54) is 22.5 Å². The van der Waals surface area contributed by atoms with Gasteiger partial charge >= 0.3 is 0 Å². The third-order valence-corrected chi connectivity index (χ3v) is 3.62. The lowest BCUT2D eigenvalue weighted by Crippen LogP contribution is -2.12. The maximum absolute atomic E-state index is 11.9. The minimum Gasteiger partial charge on any atom is -0.320 e. The Bertz CT molecular complexity index is 682. The SMILES string of the molecule is Cc1cccc(CCC(=O)Nc2ncc(C#CCN)s2)c1. The summed E-state index contributed by atoms with van der Waals surface area (Å²) in [5.41, 5.74) is 7.68. The molecule has 2 rings (SSSR count). The number of hydrogen-bond donors (Lipinski definition) is 2. The number of nitrogens with one attached hydrogen (secondary N) is 1. The van der Waals surface area contributed by atoms with E-state index in [0.29, 0.717) is 18.1 Å². The van der Waals surface area contributed by atoms with Crippen LogP contribution in [0.2, 0.25) is 0 Å². The van der Waals surface area contributed by atoms with Crippen LogP contribution in [0.25, 0.3) is 0 Å². The third-order valence-electron chi connectivity index (χ3n) is 2.79. The Hall–Kier alpha value is -2.16. The van der Waals surface area contributed by atoms with E-state index in [2.05, 4.69) is 28.2 Å². The highest BCUT2D eigenvalue weighted by Gasteiger charge is 2.06. The van der Waals surface area contributed by atoms with Gasteiger partial charge in [0, 0.05) is 6.42 Å². The lowest BCUT2D eigenvalue weighted by atomic mass is 10.1. The van der Waals surface area contributed by atoms with Crippen molar-refractivity contribution in [3.8, 4) is 11.8 Å². The monoisotopic (exact) mass is 299 g/mol. The highest BCUT2D eigenvalue weighted by molar-refractivity contribution is 7.16. The van der Waals surface area contributed by atoms with Crippen LogP contribution in [0.1, 0.15) is 22.4 Å². The maximum atomic E-state index is 11.9. The van der Waals surface area contributed by atoms with Crippen LogP contribution in [-0.2, 0) is 11.2 Å². The summed E-state index contributed by atoms with van der Waals surface area (Å²) in [7, 11) is 0. The fraction of sp³-hybridized carbons (Fsp3) is 0.250. The van der Waals surface area contributed by atoms with Crippen molar-refractivity contribution in [2.45, 2.75) is 19.8 Å². The van der Waals surface area contributed by atoms with Crippen LogP contribution in [0.3, 0.4) is 0 Å². The Balaban J connectivity index is 1.85. The first kappa shape index (κ1) is 15.2. The summed E-state index contributed by atoms with van der Waals surface area (Å²) >= 11 is 1.35. The molecule has 108 valence electrons. The molecule has 0 radical (unpaired) electrons. The van der Waals surface area contributed by atoms with E-state index in [1.54, 1.807) is 6.20 Å². The molecule has 1 amide bonds. The van der Waals surface area contributed by atoms with Gasteiger partial charge in [-0.2, -0.15) is 0 Å². The Kier molecular flexibility index (Phi) is 5.50. The number of thiazole rings is 1. The summed E-state index contributed by atoms with van der Waals surface area (Å²) in [6.07, 6.45) is 2.80. The number of anilines is 1. The number of aromatic nitrogens is 1. The molecule has 0 fully saturated rings. The van der Waals surface area contributed by atoms with Crippen molar-refractivity contribution in [3.05, 3.63) is 46.5 Å². The number of aryl methyl sites for hydroxylation is 2. The van der Waals surface area contributed by atoms with Gasteiger partial charge in [-0.15, -0.1) is 0 Å². The molecule has 0 atom stereocenters. The first-order valence-corrected chi connectivity index (χ1v) is 7.49. The number of nitrogens with two attached hydrogens (primary N) is 1. The molecule has 3 N–H and O–H groups in total. The molecule has 0 unspecified atom stereocenters. The first-order valence-electron chi connectivity index (χ1n) is 6.67. The quantitative estimate of drug-likeness (QED) is 0.851. The second-order valence-corrected chi connectivity index (χ2v) is 5.60. The van der Waals surface area contributed by atoms with Crippen molar-refractivity contribution in [1.29, 1.82) is 0 Å². The molecule has 5 heteroatoms. The van der Waals surface area contributed by atoms with E-state index < -0.39 is 0 Å². The number of rotatable bonds is 4. The Morgan fingerprint density at radius 1 is 1.48 bits per heavy atom. The Morgan fingerprint density at radius 3 is 3.10 bits per heavy atom. The molecule has 0 spiro atoms. The number of hydrogen-bond acceptors (Lipinski definition) is 4. The molecule has 0 aliphatic carbocycles. The number of carbonyl (C=O) groups excluding carboxylic acids is 1. The Morgan fingerprint density at radius 2 is 2.33 bits per heavy atom. The number of benzene rings is 1. The van der Waals surface area contributed by atoms with E-state index in [1.807, 2.05) is 25.1 Å². The van der Waals surface area contributed by atoms with Crippen LogP contribution in [0.5, 0.6) is 0 Å². The average molecular weight is 299 g/mol. The van der Waals surface area contributed by atoms with Crippen molar-refractivity contribution < 1.29 is 4.79 Å². The van der Waals surface area contributed by atoms with Gasteiger partial charge in [-0.3, -0.25) is 4.79 Å². The second-order valence-electron chi connectivity index (χ2n) is 4.57. The van der Waals surface area contributed by atoms with Gasteiger partial charge in [-0.25, -0.2) is 4.98 Å². The zero-order chi connectivity index (χ0) is 15.1. The molecule has 1 aromatic carbocycles. The van der Waals surface area contributed by atoms with Crippen molar-refractivity contribution in [2.24, 2.45) is 5.73 Å². The lowest BCUT2D eigenvalue weighted by Gasteiger charge is -2.03. The fourth-order valence-corrected chi connectivity index (χ4v) is 2.54. The zero-order valence-corrected chi connectivity index (χ0v) is 12.7. The fourth-order valence-electron chi connectivity index (χ4n) is 1.84. The zero-order valence-electron chi connectivity index (χ0n) is 11.8. The molecule has 0 saturated carbocycles. The Labute approximate surface area is 128 Å². The highest BCUT2D eigenvalue weighted by atomic mass is 32.1. The van der Waals surface area contributed by atoms with Gasteiger partial charge in [0.15, 0.2) is 5.13 Å². The molecule has 0 aliphatic rings. The lowest BCUT2D eigenvalue weighted by molar-refractivity contribution is -0.116. The molecule has 21 heavy (non-hydrogen) atoms. The summed E-state index contributed by atoms with van der Waals surface area (Å²) in [5.74, 6) is 5.61. The molecular formula is C16H17N3OS. The molecule has 4 nitrogen and oxygen atoms in total. The molecule has 1 aromatic heterocycles. The summed E-state index contributed by atoms with van der Waals surface area (Å²) in [6, 6.07) is 8.18. The normalized spacial score (nSPS) is 9.81. The van der Waals surface area contributed by atoms with Crippen LogP contribution in [0, 0.1) is 18.8 Å². The minimum atomic E-state index is -0.0378. The molecule has 1 heterocycles. The third kappa shape index (κ3) is 5.03. The van der Waals surface area contributed by atoms with E-state index >= 15 is 0 Å². The molecule has 0 aliphatic heterocycles. The molecule has 0 bridgehead atoms. The molecule has 0 saturated heterocycles. The molecule has 2 aromatic rings. The van der Waals surface area contributed by atoms with Crippen LogP contribution in [0.4, 0.5) is 5.13 Å². The van der Waals surface area contributed by atoms with Crippen molar-refractivity contribution in [1.82, 2.24) is 4.98 Å². The van der Waals surface area contributed by atoms with E-state index in [0.717, 1.165) is 11.3 Å². The number of nitrogens with zero attached hydrogens (tertiary/aromatic N) is 1. The molecular weight excluding hydrogens is 282 g/mol. The van der Waals surface area contributed by atoms with Gasteiger partial charge in [-0.05, 0) is 18.9 Å². The van der Waals surface area contributed by atoms with Crippen molar-refractivity contribution in [3.63, 3.8) is 0 Å². The number of amides is 1. The van der Waals surface area contributed by atoms with Crippen LogP contribution in [0.15, 0.2) is 30.5 Å². The second kappa shape index (κ2) is 7.58. The predicted octanol–water partition coefficient (Wildman–Crippen LogP) is 2.33. The first-order chi connectivity index (χ1) is 10.2. The largest absolute Gasteiger partial charge is 0.320 e. The maximum Gasteiger partial charge on any atom is 0.226 e. The van der Waals surface area contributed by atoms with E-state index in [-0.39, 0.29) is 5.91 Å². The highest BCUT2D eigenvalue weighted by Crippen LogP contribution is 2.17. The summed E-state index contributed by atoms with van der Waals surface area (Å²) in [6.45, 7) is 2.36. The van der Waals surface area contributed by atoms with E-state index in [9.17, 15) is 4.79 Å². The van der Waals surface area contributed by atoms with Gasteiger partial charge in [0.25, 0.3) is 0 Å². The summed E-state index contributed by atoms with van der Waals surface area (Å²) in [5, 5.41) is 3.37. The summed E-state index contributed by atoms with van der Waals surface area (Å²) in [4.78, 5) is 16.8. The van der Waals surface area contributed by atoms with Crippen LogP contribution < -0.4 is 11.1 Å². The smallest absolute Gasteiger partial charge is 0.226 e. The minimum absolute atomic E-state index is 0.0378. The predicted molar refractivity (Wildman–Crippen MR) is 86.2 cm³/mol.